The summed E-state index contributed by atoms with van der Waals surface area (Å²) < 4.78 is 10.4. The molecule has 7 heteroatoms. The molecule has 0 saturated carbocycles. The first kappa shape index (κ1) is 17.2. The van der Waals surface area contributed by atoms with Crippen LogP contribution in [0.25, 0.3) is 0 Å². The molecule has 0 radical (unpaired) electrons. The van der Waals surface area contributed by atoms with Crippen molar-refractivity contribution in [3.8, 4) is 11.6 Å². The number of hydrogen-bond acceptors (Lipinski definition) is 7. The highest BCUT2D eigenvalue weighted by molar-refractivity contribution is 5.89. The van der Waals surface area contributed by atoms with Gasteiger partial charge in [0.1, 0.15) is 17.8 Å². The number of carbonyl (C=O) groups excluding carboxylic acids is 1. The molecule has 0 atom stereocenters. The first-order valence-electron chi connectivity index (χ1n) is 7.87. The number of hydrogen-bond donors (Lipinski definition) is 2. The number of methoxy groups -OCH3 is 1. The van der Waals surface area contributed by atoms with Crippen LogP contribution in [0.2, 0.25) is 0 Å². The van der Waals surface area contributed by atoms with Gasteiger partial charge >= 0.3 is 5.97 Å². The van der Waals surface area contributed by atoms with Gasteiger partial charge in [-0.2, -0.15) is 4.98 Å². The van der Waals surface area contributed by atoms with Gasteiger partial charge in [0, 0.05) is 5.69 Å². The number of nitrogens with zero attached hydrogens (tertiary/aromatic N) is 2. The zero-order valence-corrected chi connectivity index (χ0v) is 14.4. The maximum absolute atomic E-state index is 11.5. The van der Waals surface area contributed by atoms with Gasteiger partial charge in [0.25, 0.3) is 0 Å². The average molecular weight is 350 g/mol. The smallest absolute Gasteiger partial charge is 0.337 e. The van der Waals surface area contributed by atoms with Crippen molar-refractivity contribution in [3.63, 3.8) is 0 Å². The first-order chi connectivity index (χ1) is 12.6. The lowest BCUT2D eigenvalue weighted by Gasteiger charge is -2.12. The molecule has 0 amide bonds. The molecule has 26 heavy (non-hydrogen) atoms. The van der Waals surface area contributed by atoms with Crippen LogP contribution in [-0.2, 0) is 4.74 Å². The van der Waals surface area contributed by atoms with Gasteiger partial charge in [-0.15, -0.1) is 0 Å². The number of carbonyl (C=O) groups is 1. The summed E-state index contributed by atoms with van der Waals surface area (Å²) in [5.41, 5.74) is 8.70. The zero-order valence-electron chi connectivity index (χ0n) is 14.4. The molecule has 0 unspecified atom stereocenters. The number of nitrogen functional groups attached to an aromatic ring is 1. The highest BCUT2D eigenvalue weighted by atomic mass is 16.5. The fraction of sp³-hybridized carbons (Fsp3) is 0.105. The topological polar surface area (TPSA) is 99.4 Å². The van der Waals surface area contributed by atoms with Crippen LogP contribution in [0.3, 0.4) is 0 Å². The molecule has 2 aromatic carbocycles. The Labute approximate surface area is 150 Å². The van der Waals surface area contributed by atoms with Crippen LogP contribution in [0.1, 0.15) is 15.9 Å². The van der Waals surface area contributed by atoms with Gasteiger partial charge in [-0.25, -0.2) is 9.78 Å². The van der Waals surface area contributed by atoms with Crippen LogP contribution in [-0.4, -0.2) is 23.0 Å². The second-order valence-corrected chi connectivity index (χ2v) is 5.55. The number of nitrogens with one attached hydrogen (secondary N) is 1. The van der Waals surface area contributed by atoms with Crippen LogP contribution in [0.4, 0.5) is 17.2 Å². The van der Waals surface area contributed by atoms with E-state index in [2.05, 4.69) is 20.0 Å². The summed E-state index contributed by atoms with van der Waals surface area (Å²) in [6.45, 7) is 2.00. The van der Waals surface area contributed by atoms with E-state index in [0.29, 0.717) is 22.8 Å². The standard InChI is InChI=1S/C19H18N4O3/c1-12-3-9-15(10-4-12)26-18-16(20)17(21-11-22-18)23-14-7-5-13(6-8-14)19(24)25-2/h3-11H,20H2,1-2H3,(H,21,22,23). The number of benzene rings is 2. The predicted octanol–water partition coefficient (Wildman–Crippen LogP) is 3.69. The maximum Gasteiger partial charge on any atom is 0.337 e. The van der Waals surface area contributed by atoms with E-state index in [0.717, 1.165) is 5.56 Å². The van der Waals surface area contributed by atoms with Crippen molar-refractivity contribution in [3.05, 3.63) is 66.0 Å². The van der Waals surface area contributed by atoms with Gasteiger partial charge in [0.05, 0.1) is 12.7 Å². The minimum Gasteiger partial charge on any atom is -0.465 e. The molecule has 7 nitrogen and oxygen atoms in total. The average Bonchev–Trinajstić information content (AvgIpc) is 2.66. The lowest BCUT2D eigenvalue weighted by Crippen LogP contribution is -2.04. The van der Waals surface area contributed by atoms with Gasteiger partial charge in [-0.1, -0.05) is 17.7 Å². The molecule has 0 aliphatic heterocycles. The Balaban J connectivity index is 1.78. The number of aromatic nitrogens is 2. The highest BCUT2D eigenvalue weighted by Gasteiger charge is 2.11. The Morgan fingerprint density at radius 2 is 1.73 bits per heavy atom. The number of esters is 1. The third-order valence-electron chi connectivity index (χ3n) is 3.65. The summed E-state index contributed by atoms with van der Waals surface area (Å²) in [6, 6.07) is 14.3. The molecule has 0 spiro atoms. The Morgan fingerprint density at radius 3 is 2.38 bits per heavy atom. The van der Waals surface area contributed by atoms with Crippen molar-refractivity contribution in [1.82, 2.24) is 9.97 Å². The van der Waals surface area contributed by atoms with Crippen LogP contribution in [0.5, 0.6) is 11.6 Å². The van der Waals surface area contributed by atoms with E-state index in [1.165, 1.54) is 13.4 Å². The van der Waals surface area contributed by atoms with Gasteiger partial charge in [0.15, 0.2) is 5.82 Å². The fourth-order valence-corrected chi connectivity index (χ4v) is 2.22. The minimum absolute atomic E-state index is 0.262. The van der Waals surface area contributed by atoms with E-state index in [1.807, 2.05) is 31.2 Å². The molecule has 0 aliphatic rings. The quantitative estimate of drug-likeness (QED) is 0.677. The third kappa shape index (κ3) is 3.89. The molecule has 3 aromatic rings. The molecule has 1 heterocycles. The van der Waals surface area contributed by atoms with Gasteiger partial charge in [0.2, 0.25) is 5.88 Å². The van der Waals surface area contributed by atoms with Crippen molar-refractivity contribution in [2.75, 3.05) is 18.2 Å². The van der Waals surface area contributed by atoms with Crippen molar-refractivity contribution >= 4 is 23.2 Å². The Hall–Kier alpha value is -3.61. The Kier molecular flexibility index (Phi) is 4.98. The largest absolute Gasteiger partial charge is 0.465 e. The molecular weight excluding hydrogens is 332 g/mol. The second-order valence-electron chi connectivity index (χ2n) is 5.55. The second kappa shape index (κ2) is 7.52. The van der Waals surface area contributed by atoms with E-state index in [9.17, 15) is 4.79 Å². The SMILES string of the molecule is COC(=O)c1ccc(Nc2ncnc(Oc3ccc(C)cc3)c2N)cc1. The highest BCUT2D eigenvalue weighted by Crippen LogP contribution is 2.31. The third-order valence-corrected chi connectivity index (χ3v) is 3.65. The van der Waals surface area contributed by atoms with E-state index >= 15 is 0 Å². The summed E-state index contributed by atoms with van der Waals surface area (Å²) in [7, 11) is 1.34. The summed E-state index contributed by atoms with van der Waals surface area (Å²) in [6.07, 6.45) is 1.37. The van der Waals surface area contributed by atoms with E-state index in [1.54, 1.807) is 24.3 Å². The molecule has 0 saturated heterocycles. The molecular formula is C19H18N4O3. The van der Waals surface area contributed by atoms with Gasteiger partial charge in [-0.05, 0) is 43.3 Å². The van der Waals surface area contributed by atoms with Crippen molar-refractivity contribution in [2.24, 2.45) is 0 Å². The molecule has 1 aromatic heterocycles. The van der Waals surface area contributed by atoms with Crippen molar-refractivity contribution in [1.29, 1.82) is 0 Å². The molecule has 3 rings (SSSR count). The summed E-state index contributed by atoms with van der Waals surface area (Å²) in [4.78, 5) is 19.7. The van der Waals surface area contributed by atoms with Crippen molar-refractivity contribution in [2.45, 2.75) is 6.92 Å². The predicted molar refractivity (Wildman–Crippen MR) is 98.8 cm³/mol. The number of ether oxygens (including phenoxy) is 2. The first-order valence-corrected chi connectivity index (χ1v) is 7.87. The van der Waals surface area contributed by atoms with Gasteiger partial charge < -0.3 is 20.5 Å². The molecule has 0 aliphatic carbocycles. The van der Waals surface area contributed by atoms with Crippen LogP contribution >= 0.6 is 0 Å². The normalized spacial score (nSPS) is 10.2. The number of anilines is 3. The van der Waals surface area contributed by atoms with Gasteiger partial charge in [-0.3, -0.25) is 0 Å². The van der Waals surface area contributed by atoms with Crippen LogP contribution in [0.15, 0.2) is 54.9 Å². The minimum atomic E-state index is -0.396. The Morgan fingerprint density at radius 1 is 1.04 bits per heavy atom. The van der Waals surface area contributed by atoms with E-state index in [4.69, 9.17) is 10.5 Å². The van der Waals surface area contributed by atoms with Crippen LogP contribution in [0, 0.1) is 6.92 Å². The summed E-state index contributed by atoms with van der Waals surface area (Å²) >= 11 is 0. The summed E-state index contributed by atoms with van der Waals surface area (Å²) in [5.74, 6) is 0.909. The molecule has 0 fully saturated rings. The number of aryl methyl sites for hydroxylation is 1. The van der Waals surface area contributed by atoms with E-state index < -0.39 is 5.97 Å². The fourth-order valence-electron chi connectivity index (χ4n) is 2.22. The lowest BCUT2D eigenvalue weighted by molar-refractivity contribution is 0.0601. The molecule has 3 N–H and O–H groups in total. The Bertz CT molecular complexity index is 909. The lowest BCUT2D eigenvalue weighted by atomic mass is 10.2. The molecule has 0 bridgehead atoms. The maximum atomic E-state index is 11.5. The van der Waals surface area contributed by atoms with E-state index in [-0.39, 0.29) is 11.6 Å². The van der Waals surface area contributed by atoms with Crippen LogP contribution < -0.4 is 15.8 Å². The number of nitrogens with two attached hydrogens (primary N) is 1. The molecule has 132 valence electrons. The number of rotatable bonds is 5. The monoisotopic (exact) mass is 350 g/mol. The summed E-state index contributed by atoms with van der Waals surface area (Å²) in [5, 5.41) is 3.08. The zero-order chi connectivity index (χ0) is 18.5. The van der Waals surface area contributed by atoms with Crippen molar-refractivity contribution < 1.29 is 14.3 Å².